The molecule has 0 unspecified atom stereocenters. The zero-order valence-electron chi connectivity index (χ0n) is 21.3. The number of carbonyl (C=O) groups excluding carboxylic acids is 2. The van der Waals surface area contributed by atoms with Gasteiger partial charge in [-0.25, -0.2) is 14.4 Å². The first-order valence-corrected chi connectivity index (χ1v) is 14.0. The number of ether oxygens (including phenoxy) is 1. The topological polar surface area (TPSA) is 84.4 Å². The minimum atomic E-state index is -0.562. The van der Waals surface area contributed by atoms with E-state index in [1.807, 2.05) is 24.8 Å². The number of rotatable bonds is 7. The lowest BCUT2D eigenvalue weighted by molar-refractivity contribution is -0.140. The van der Waals surface area contributed by atoms with Crippen LogP contribution in [0, 0.1) is 17.7 Å². The maximum Gasteiger partial charge on any atom is 0.246 e. The van der Waals surface area contributed by atoms with Gasteiger partial charge < -0.3 is 15.0 Å². The lowest BCUT2D eigenvalue weighted by Gasteiger charge is -2.35. The highest BCUT2D eigenvalue weighted by Gasteiger charge is 2.40. The number of likely N-dealkylation sites (tertiary alicyclic amines) is 1. The highest BCUT2D eigenvalue weighted by molar-refractivity contribution is 7.18. The summed E-state index contributed by atoms with van der Waals surface area (Å²) in [5, 5.41) is 3.95. The molecular weight excluding hydrogens is 491 g/mol. The third kappa shape index (κ3) is 5.38. The summed E-state index contributed by atoms with van der Waals surface area (Å²) in [6, 6.07) is 7.54. The number of pyridine rings is 1. The number of amides is 2. The lowest BCUT2D eigenvalue weighted by atomic mass is 9.90. The number of aromatic nitrogens is 2. The monoisotopic (exact) mass is 524 g/mol. The molecular formula is C28H33FN4O3S. The van der Waals surface area contributed by atoms with Crippen molar-refractivity contribution < 1.29 is 18.7 Å². The van der Waals surface area contributed by atoms with Crippen LogP contribution in [0.2, 0.25) is 0 Å². The van der Waals surface area contributed by atoms with E-state index in [2.05, 4.69) is 10.3 Å². The highest BCUT2D eigenvalue weighted by atomic mass is 32.1. The predicted molar refractivity (Wildman–Crippen MR) is 141 cm³/mol. The predicted octanol–water partition coefficient (Wildman–Crippen LogP) is 5.12. The molecule has 1 aromatic carbocycles. The van der Waals surface area contributed by atoms with Gasteiger partial charge in [-0.2, -0.15) is 0 Å². The van der Waals surface area contributed by atoms with Gasteiger partial charge in [0.1, 0.15) is 27.2 Å². The van der Waals surface area contributed by atoms with Crippen molar-refractivity contribution in [3.05, 3.63) is 47.4 Å². The molecule has 0 bridgehead atoms. The van der Waals surface area contributed by atoms with Crippen LogP contribution in [0.15, 0.2) is 36.5 Å². The molecule has 9 heteroatoms. The summed E-state index contributed by atoms with van der Waals surface area (Å²) >= 11 is 1.50. The van der Waals surface area contributed by atoms with Crippen LogP contribution in [-0.2, 0) is 14.3 Å². The third-order valence-electron chi connectivity index (χ3n) is 7.65. The van der Waals surface area contributed by atoms with Gasteiger partial charge in [0.25, 0.3) is 0 Å². The number of hydrogen-bond acceptors (Lipinski definition) is 6. The molecule has 2 aliphatic heterocycles. The number of halogens is 1. The first kappa shape index (κ1) is 25.7. The molecule has 4 heterocycles. The second-order valence-corrected chi connectivity index (χ2v) is 11.0. The van der Waals surface area contributed by atoms with Crippen molar-refractivity contribution in [1.29, 1.82) is 0 Å². The van der Waals surface area contributed by atoms with Crippen molar-refractivity contribution in [2.75, 3.05) is 19.8 Å². The Bertz CT molecular complexity index is 1260. The quantitative estimate of drug-likeness (QED) is 0.464. The summed E-state index contributed by atoms with van der Waals surface area (Å²) in [4.78, 5) is 39.1. The average molecular weight is 525 g/mol. The molecule has 2 fully saturated rings. The largest absolute Gasteiger partial charge is 0.381 e. The van der Waals surface area contributed by atoms with Crippen molar-refractivity contribution in [2.24, 2.45) is 11.8 Å². The number of hydrogen-bond donors (Lipinski definition) is 1. The van der Waals surface area contributed by atoms with Crippen LogP contribution in [-0.4, -0.2) is 52.5 Å². The normalized spacial score (nSPS) is 20.2. The maximum atomic E-state index is 14.0. The van der Waals surface area contributed by atoms with E-state index in [1.54, 1.807) is 18.3 Å². The molecule has 0 aliphatic carbocycles. The molecule has 1 N–H and O–H groups in total. The zero-order valence-corrected chi connectivity index (χ0v) is 22.1. The highest BCUT2D eigenvalue weighted by Crippen LogP contribution is 2.39. The van der Waals surface area contributed by atoms with E-state index in [1.165, 1.54) is 23.5 Å². The number of thiazole rings is 1. The van der Waals surface area contributed by atoms with E-state index in [0.717, 1.165) is 58.6 Å². The van der Waals surface area contributed by atoms with Gasteiger partial charge in [-0.1, -0.05) is 37.3 Å². The van der Waals surface area contributed by atoms with Crippen molar-refractivity contribution in [3.63, 3.8) is 0 Å². The van der Waals surface area contributed by atoms with E-state index in [9.17, 15) is 14.0 Å². The van der Waals surface area contributed by atoms with Gasteiger partial charge >= 0.3 is 0 Å². The van der Waals surface area contributed by atoms with Gasteiger partial charge in [0.2, 0.25) is 11.8 Å². The fraction of sp³-hybridized carbons (Fsp3) is 0.500. The molecule has 3 atom stereocenters. The van der Waals surface area contributed by atoms with Gasteiger partial charge in [0, 0.05) is 37.4 Å². The van der Waals surface area contributed by atoms with Gasteiger partial charge in [-0.15, -0.1) is 0 Å². The van der Waals surface area contributed by atoms with E-state index in [4.69, 9.17) is 9.72 Å². The molecule has 0 spiro atoms. The number of nitrogens with zero attached hydrogens (tertiary/aromatic N) is 3. The number of benzene rings is 1. The Morgan fingerprint density at radius 2 is 1.95 bits per heavy atom. The second kappa shape index (κ2) is 11.2. The minimum absolute atomic E-state index is 0.0305. The number of nitrogens with one attached hydrogen (secondary N) is 1. The maximum absolute atomic E-state index is 14.0. The van der Waals surface area contributed by atoms with Crippen LogP contribution in [0.4, 0.5) is 4.39 Å². The zero-order chi connectivity index (χ0) is 25.9. The van der Waals surface area contributed by atoms with Crippen LogP contribution in [0.1, 0.15) is 57.0 Å². The van der Waals surface area contributed by atoms with Crippen LogP contribution < -0.4 is 5.32 Å². The molecule has 7 nitrogen and oxygen atoms in total. The SMILES string of the molecule is CC[C@@H](C)C(=O)N[C@H](C(=O)N1CCC[C@H]1c1nc2c(-c3ccc(F)cc3)ccnc2s1)C1CCOCC1. The fourth-order valence-electron chi connectivity index (χ4n) is 5.23. The van der Waals surface area contributed by atoms with E-state index in [0.29, 0.717) is 19.8 Å². The molecule has 2 saturated heterocycles. The summed E-state index contributed by atoms with van der Waals surface area (Å²) < 4.78 is 19.0. The van der Waals surface area contributed by atoms with Crippen LogP contribution >= 0.6 is 11.3 Å². The minimum Gasteiger partial charge on any atom is -0.381 e. The van der Waals surface area contributed by atoms with Gasteiger partial charge in [-0.05, 0) is 61.8 Å². The molecule has 37 heavy (non-hydrogen) atoms. The molecule has 2 aromatic heterocycles. The Balaban J connectivity index is 1.44. The first-order chi connectivity index (χ1) is 18.0. The Kier molecular flexibility index (Phi) is 7.81. The summed E-state index contributed by atoms with van der Waals surface area (Å²) in [6.45, 7) is 5.72. The smallest absolute Gasteiger partial charge is 0.246 e. The van der Waals surface area contributed by atoms with E-state index >= 15 is 0 Å². The van der Waals surface area contributed by atoms with Gasteiger partial charge in [-0.3, -0.25) is 9.59 Å². The van der Waals surface area contributed by atoms with Crippen molar-refractivity contribution in [3.8, 4) is 11.1 Å². The Morgan fingerprint density at radius 3 is 2.68 bits per heavy atom. The van der Waals surface area contributed by atoms with Crippen molar-refractivity contribution in [2.45, 2.75) is 58.0 Å². The first-order valence-electron chi connectivity index (χ1n) is 13.2. The standard InChI is InChI=1S/C28H33FN4O3S/c1-3-17(2)25(34)31-23(19-11-15-36-16-12-19)28(35)33-14-4-5-22(33)26-32-24-21(10-13-30-27(24)37-26)18-6-8-20(29)9-7-18/h6-10,13,17,19,22-23H,3-5,11-12,14-16H2,1-2H3,(H,31,34)/t17-,22+,23+/m1/s1. The van der Waals surface area contributed by atoms with Crippen molar-refractivity contribution >= 4 is 33.5 Å². The average Bonchev–Trinajstić information content (AvgIpc) is 3.59. The van der Waals surface area contributed by atoms with Crippen LogP contribution in [0.25, 0.3) is 21.5 Å². The Morgan fingerprint density at radius 1 is 1.19 bits per heavy atom. The van der Waals surface area contributed by atoms with Crippen molar-refractivity contribution in [1.82, 2.24) is 20.2 Å². The third-order valence-corrected chi connectivity index (χ3v) is 8.72. The number of carbonyl (C=O) groups is 2. The summed E-state index contributed by atoms with van der Waals surface area (Å²) in [6.07, 6.45) is 5.67. The molecule has 2 amide bonds. The Hall–Kier alpha value is -2.91. The van der Waals surface area contributed by atoms with Crippen LogP contribution in [0.3, 0.4) is 0 Å². The lowest BCUT2D eigenvalue weighted by Crippen LogP contribution is -2.54. The molecule has 196 valence electrons. The summed E-state index contributed by atoms with van der Waals surface area (Å²) in [7, 11) is 0. The molecule has 0 saturated carbocycles. The molecule has 3 aromatic rings. The van der Waals surface area contributed by atoms with Gasteiger partial charge in [0.15, 0.2) is 0 Å². The van der Waals surface area contributed by atoms with Crippen LogP contribution in [0.5, 0.6) is 0 Å². The fourth-order valence-corrected chi connectivity index (χ4v) is 6.31. The van der Waals surface area contributed by atoms with Gasteiger partial charge in [0.05, 0.1) is 6.04 Å². The molecule has 2 aliphatic rings. The van der Waals surface area contributed by atoms with E-state index < -0.39 is 6.04 Å². The summed E-state index contributed by atoms with van der Waals surface area (Å²) in [5.41, 5.74) is 2.53. The Labute approximate surface area is 220 Å². The summed E-state index contributed by atoms with van der Waals surface area (Å²) in [5.74, 6) is -0.483. The molecule has 0 radical (unpaired) electrons. The van der Waals surface area contributed by atoms with E-state index in [-0.39, 0.29) is 35.5 Å². The molecule has 5 rings (SSSR count). The number of fused-ring (bicyclic) bond motifs is 1. The second-order valence-electron chi connectivity index (χ2n) is 10.0.